The molecule has 0 amide bonds. The molecule has 1 aliphatic rings. The molecule has 4 heteroatoms. The summed E-state index contributed by atoms with van der Waals surface area (Å²) in [4.78, 5) is 2.30. The van der Waals surface area contributed by atoms with Crippen LogP contribution in [-0.2, 0) is 6.54 Å². The smallest absolute Gasteiger partial charge is 0.0635 e. The number of benzene rings is 1. The van der Waals surface area contributed by atoms with Gasteiger partial charge in [-0.25, -0.2) is 0 Å². The van der Waals surface area contributed by atoms with Gasteiger partial charge in [0, 0.05) is 34.9 Å². The van der Waals surface area contributed by atoms with Gasteiger partial charge in [0.1, 0.15) is 0 Å². The summed E-state index contributed by atoms with van der Waals surface area (Å²) >= 11 is 6.40. The van der Waals surface area contributed by atoms with E-state index in [1.54, 1.807) is 0 Å². The highest BCUT2D eigenvalue weighted by molar-refractivity contribution is 6.31. The van der Waals surface area contributed by atoms with Crippen LogP contribution in [0.5, 0.6) is 0 Å². The van der Waals surface area contributed by atoms with Crippen molar-refractivity contribution in [2.24, 2.45) is 0 Å². The molecule has 0 saturated carbocycles. The van der Waals surface area contributed by atoms with Gasteiger partial charge >= 0.3 is 0 Å². The fraction of sp³-hybridized carbons (Fsp3) is 0.625. The molecule has 0 aromatic heterocycles. The lowest BCUT2D eigenvalue weighted by molar-refractivity contribution is 0.266. The van der Waals surface area contributed by atoms with Gasteiger partial charge in [0.25, 0.3) is 0 Å². The molecule has 0 spiro atoms. The maximum Gasteiger partial charge on any atom is 0.0635 e. The average molecular weight is 297 g/mol. The predicted molar refractivity (Wildman–Crippen MR) is 85.5 cm³/mol. The third-order valence-corrected chi connectivity index (χ3v) is 4.14. The first-order chi connectivity index (χ1) is 9.42. The summed E-state index contributed by atoms with van der Waals surface area (Å²) in [7, 11) is 0. The van der Waals surface area contributed by atoms with Gasteiger partial charge in [0.15, 0.2) is 0 Å². The van der Waals surface area contributed by atoms with E-state index in [0.29, 0.717) is 0 Å². The van der Waals surface area contributed by atoms with Crippen LogP contribution >= 0.6 is 11.6 Å². The lowest BCUT2D eigenvalue weighted by Crippen LogP contribution is -2.37. The van der Waals surface area contributed by atoms with Crippen molar-refractivity contribution in [3.8, 4) is 0 Å². The lowest BCUT2D eigenvalue weighted by Gasteiger charge is -2.29. The summed E-state index contributed by atoms with van der Waals surface area (Å²) < 4.78 is 0. The fourth-order valence-corrected chi connectivity index (χ4v) is 2.92. The van der Waals surface area contributed by atoms with Crippen LogP contribution in [0.3, 0.4) is 0 Å². The highest BCUT2D eigenvalue weighted by Gasteiger charge is 2.26. The summed E-state index contributed by atoms with van der Waals surface area (Å²) in [6.45, 7) is 8.39. The summed E-state index contributed by atoms with van der Waals surface area (Å²) in [5, 5.41) is 13.8. The molecule has 1 atom stereocenters. The Morgan fingerprint density at radius 2 is 2.15 bits per heavy atom. The van der Waals surface area contributed by atoms with Crippen LogP contribution in [0.1, 0.15) is 39.2 Å². The maximum atomic E-state index is 9.53. The topological polar surface area (TPSA) is 35.5 Å². The molecule has 0 radical (unpaired) electrons. The molecule has 1 aromatic rings. The minimum absolute atomic E-state index is 0.0534. The number of nitrogens with one attached hydrogen (secondary N) is 1. The van der Waals surface area contributed by atoms with Crippen molar-refractivity contribution in [1.29, 1.82) is 0 Å². The van der Waals surface area contributed by atoms with E-state index in [2.05, 4.69) is 37.1 Å². The molecule has 0 bridgehead atoms. The zero-order valence-electron chi connectivity index (χ0n) is 12.6. The number of aliphatic hydroxyl groups is 1. The first-order valence-electron chi connectivity index (χ1n) is 7.32. The molecule has 1 fully saturated rings. The number of nitrogens with zero attached hydrogens (tertiary/aromatic N) is 1. The Morgan fingerprint density at radius 3 is 2.80 bits per heavy atom. The van der Waals surface area contributed by atoms with Crippen molar-refractivity contribution in [3.63, 3.8) is 0 Å². The zero-order chi connectivity index (χ0) is 14.8. The Hall–Kier alpha value is -0.770. The minimum atomic E-state index is 0.0534. The second-order valence-electron chi connectivity index (χ2n) is 6.51. The Kier molecular flexibility index (Phi) is 4.95. The number of halogens is 1. The largest absolute Gasteiger partial charge is 0.394 e. The standard InChI is InChI=1S/C16H25ClN2O/c1-16(2,3)18-10-13-14(17)7-4-8-15(13)19-9-5-6-12(19)11-20/h4,7-8,12,18,20H,5-6,9-11H2,1-3H3. The van der Waals surface area contributed by atoms with Crippen molar-refractivity contribution >= 4 is 17.3 Å². The molecular weight excluding hydrogens is 272 g/mol. The molecule has 1 unspecified atom stereocenters. The normalized spacial score (nSPS) is 19.6. The quantitative estimate of drug-likeness (QED) is 0.896. The highest BCUT2D eigenvalue weighted by Crippen LogP contribution is 2.32. The molecule has 0 aliphatic carbocycles. The first kappa shape index (κ1) is 15.6. The van der Waals surface area contributed by atoms with Crippen LogP contribution in [0.2, 0.25) is 5.02 Å². The van der Waals surface area contributed by atoms with Gasteiger partial charge in [-0.15, -0.1) is 0 Å². The van der Waals surface area contributed by atoms with Crippen LogP contribution in [0.25, 0.3) is 0 Å². The van der Waals surface area contributed by atoms with Crippen LogP contribution in [0.15, 0.2) is 18.2 Å². The lowest BCUT2D eigenvalue weighted by atomic mass is 10.1. The zero-order valence-corrected chi connectivity index (χ0v) is 13.4. The van der Waals surface area contributed by atoms with E-state index in [0.717, 1.165) is 42.2 Å². The monoisotopic (exact) mass is 296 g/mol. The molecular formula is C16H25ClN2O. The Labute approximate surface area is 126 Å². The van der Waals surface area contributed by atoms with Gasteiger partial charge in [-0.05, 0) is 45.7 Å². The van der Waals surface area contributed by atoms with E-state index in [1.165, 1.54) is 0 Å². The van der Waals surface area contributed by atoms with Crippen molar-refractivity contribution in [2.75, 3.05) is 18.1 Å². The summed E-state index contributed by atoms with van der Waals surface area (Å²) in [5.74, 6) is 0. The van der Waals surface area contributed by atoms with Gasteiger partial charge in [0.05, 0.1) is 12.6 Å². The Bertz CT molecular complexity index is 456. The number of hydrogen-bond acceptors (Lipinski definition) is 3. The van der Waals surface area contributed by atoms with E-state index in [-0.39, 0.29) is 18.2 Å². The number of hydrogen-bond donors (Lipinski definition) is 2. The Balaban J connectivity index is 2.26. The summed E-state index contributed by atoms with van der Waals surface area (Å²) in [5.41, 5.74) is 2.34. The van der Waals surface area contributed by atoms with Crippen molar-refractivity contribution in [2.45, 2.75) is 51.7 Å². The second-order valence-corrected chi connectivity index (χ2v) is 6.92. The van der Waals surface area contributed by atoms with Crippen LogP contribution < -0.4 is 10.2 Å². The van der Waals surface area contributed by atoms with Crippen LogP contribution in [0, 0.1) is 0 Å². The molecule has 20 heavy (non-hydrogen) atoms. The minimum Gasteiger partial charge on any atom is -0.394 e. The molecule has 1 heterocycles. The van der Waals surface area contributed by atoms with E-state index < -0.39 is 0 Å². The van der Waals surface area contributed by atoms with E-state index >= 15 is 0 Å². The summed E-state index contributed by atoms with van der Waals surface area (Å²) in [6.07, 6.45) is 2.18. The van der Waals surface area contributed by atoms with Gasteiger partial charge in [-0.2, -0.15) is 0 Å². The summed E-state index contributed by atoms with van der Waals surface area (Å²) in [6, 6.07) is 6.26. The van der Waals surface area contributed by atoms with Crippen LogP contribution in [0.4, 0.5) is 5.69 Å². The average Bonchev–Trinajstić information content (AvgIpc) is 2.84. The van der Waals surface area contributed by atoms with Crippen molar-refractivity contribution in [3.05, 3.63) is 28.8 Å². The molecule has 2 rings (SSSR count). The van der Waals surface area contributed by atoms with Crippen molar-refractivity contribution < 1.29 is 5.11 Å². The number of anilines is 1. The Morgan fingerprint density at radius 1 is 1.40 bits per heavy atom. The number of aliphatic hydroxyl groups excluding tert-OH is 1. The van der Waals surface area contributed by atoms with Gasteiger partial charge in [0.2, 0.25) is 0 Å². The van der Waals surface area contributed by atoms with Gasteiger partial charge in [-0.3, -0.25) is 0 Å². The molecule has 112 valence electrons. The van der Waals surface area contributed by atoms with Crippen molar-refractivity contribution in [1.82, 2.24) is 5.32 Å². The predicted octanol–water partition coefficient (Wildman–Crippen LogP) is 3.19. The first-order valence-corrected chi connectivity index (χ1v) is 7.70. The molecule has 1 saturated heterocycles. The molecule has 2 N–H and O–H groups in total. The highest BCUT2D eigenvalue weighted by atomic mass is 35.5. The van der Waals surface area contributed by atoms with Crippen LogP contribution in [-0.4, -0.2) is 29.8 Å². The molecule has 3 nitrogen and oxygen atoms in total. The van der Waals surface area contributed by atoms with E-state index in [4.69, 9.17) is 11.6 Å². The second kappa shape index (κ2) is 6.33. The maximum absolute atomic E-state index is 9.53. The van der Waals surface area contributed by atoms with Gasteiger partial charge < -0.3 is 15.3 Å². The third-order valence-electron chi connectivity index (χ3n) is 3.79. The third kappa shape index (κ3) is 3.66. The SMILES string of the molecule is CC(C)(C)NCc1c(Cl)cccc1N1CCCC1CO. The van der Waals surface area contributed by atoms with Gasteiger partial charge in [-0.1, -0.05) is 17.7 Å². The molecule has 1 aromatic carbocycles. The fourth-order valence-electron chi connectivity index (χ4n) is 2.69. The number of rotatable bonds is 4. The van der Waals surface area contributed by atoms with E-state index in [1.807, 2.05) is 12.1 Å². The van der Waals surface area contributed by atoms with E-state index in [9.17, 15) is 5.11 Å². The molecule has 1 aliphatic heterocycles.